The third kappa shape index (κ3) is 2.43. The predicted molar refractivity (Wildman–Crippen MR) is 59.1 cm³/mol. The summed E-state index contributed by atoms with van der Waals surface area (Å²) in [6.45, 7) is 2.59. The predicted octanol–water partition coefficient (Wildman–Crippen LogP) is 3.31. The highest BCUT2D eigenvalue weighted by Gasteiger charge is 2.23. The molecule has 0 spiro atoms. The maximum atomic E-state index is 8.96. The Balaban J connectivity index is 2.22. The van der Waals surface area contributed by atoms with Gasteiger partial charge in [0.25, 0.3) is 0 Å². The van der Waals surface area contributed by atoms with E-state index in [1.54, 1.807) is 6.07 Å². The molecule has 0 aliphatic heterocycles. The minimum Gasteiger partial charge on any atom is -0.490 e. The average molecular weight is 222 g/mol. The van der Waals surface area contributed by atoms with E-state index in [2.05, 4.69) is 6.07 Å². The number of halogens is 1. The van der Waals surface area contributed by atoms with E-state index >= 15 is 0 Å². The van der Waals surface area contributed by atoms with Crippen LogP contribution in [0.1, 0.15) is 24.0 Å². The molecule has 0 heterocycles. The van der Waals surface area contributed by atoms with Gasteiger partial charge in [0.05, 0.1) is 17.2 Å². The van der Waals surface area contributed by atoms with Crippen molar-refractivity contribution in [3.05, 3.63) is 28.3 Å². The molecular weight excluding hydrogens is 210 g/mol. The second-order valence-corrected chi connectivity index (χ2v) is 4.40. The summed E-state index contributed by atoms with van der Waals surface area (Å²) in [5.41, 5.74) is 1.51. The second kappa shape index (κ2) is 4.12. The normalized spacial score (nSPS) is 14.7. The summed E-state index contributed by atoms with van der Waals surface area (Å²) in [6.07, 6.45) is 2.46. The van der Waals surface area contributed by atoms with E-state index in [1.165, 1.54) is 12.8 Å². The van der Waals surface area contributed by atoms with Crippen LogP contribution in [0, 0.1) is 24.2 Å². The van der Waals surface area contributed by atoms with E-state index in [0.717, 1.165) is 5.56 Å². The van der Waals surface area contributed by atoms with Crippen LogP contribution in [0.25, 0.3) is 0 Å². The Kier molecular flexibility index (Phi) is 2.83. The molecule has 1 aromatic carbocycles. The zero-order valence-electron chi connectivity index (χ0n) is 8.59. The first-order chi connectivity index (χ1) is 7.20. The fourth-order valence-corrected chi connectivity index (χ4v) is 1.77. The number of rotatable bonds is 3. The summed E-state index contributed by atoms with van der Waals surface area (Å²) in [4.78, 5) is 0. The van der Waals surface area contributed by atoms with Gasteiger partial charge in [-0.05, 0) is 43.4 Å². The molecule has 0 amide bonds. The monoisotopic (exact) mass is 221 g/mol. The lowest BCUT2D eigenvalue weighted by Crippen LogP contribution is -2.01. The SMILES string of the molecule is Cc1cc(Cl)c(OCC2CC2)c(C#N)c1. The summed E-state index contributed by atoms with van der Waals surface area (Å²) in [5.74, 6) is 1.20. The first kappa shape index (κ1) is 10.3. The van der Waals surface area contributed by atoms with Gasteiger partial charge in [0.15, 0.2) is 5.75 Å². The van der Waals surface area contributed by atoms with Gasteiger partial charge in [-0.15, -0.1) is 0 Å². The molecule has 1 fully saturated rings. The highest BCUT2D eigenvalue weighted by Crippen LogP contribution is 2.34. The Hall–Kier alpha value is -1.20. The van der Waals surface area contributed by atoms with Crippen LogP contribution < -0.4 is 4.74 Å². The van der Waals surface area contributed by atoms with E-state index < -0.39 is 0 Å². The molecule has 1 saturated carbocycles. The Morgan fingerprint density at radius 1 is 1.53 bits per heavy atom. The Labute approximate surface area is 94.4 Å². The standard InChI is InChI=1S/C12H12ClNO/c1-8-4-10(6-14)12(11(13)5-8)15-7-9-2-3-9/h4-5,9H,2-3,7H2,1H3. The zero-order chi connectivity index (χ0) is 10.8. The van der Waals surface area contributed by atoms with E-state index in [1.807, 2.05) is 13.0 Å². The van der Waals surface area contributed by atoms with Crippen LogP contribution >= 0.6 is 11.6 Å². The van der Waals surface area contributed by atoms with E-state index in [-0.39, 0.29) is 0 Å². The molecule has 0 bridgehead atoms. The maximum Gasteiger partial charge on any atom is 0.155 e. The molecule has 0 unspecified atom stereocenters. The molecule has 2 rings (SSSR count). The minimum atomic E-state index is 0.528. The van der Waals surface area contributed by atoms with Crippen LogP contribution in [-0.4, -0.2) is 6.61 Å². The molecule has 1 aromatic rings. The van der Waals surface area contributed by atoms with Crippen molar-refractivity contribution in [2.45, 2.75) is 19.8 Å². The zero-order valence-corrected chi connectivity index (χ0v) is 9.34. The van der Waals surface area contributed by atoms with Gasteiger partial charge < -0.3 is 4.74 Å². The summed E-state index contributed by atoms with van der Waals surface area (Å²) in [6, 6.07) is 5.74. The summed E-state index contributed by atoms with van der Waals surface area (Å²) >= 11 is 6.04. The molecule has 0 N–H and O–H groups in total. The Morgan fingerprint density at radius 2 is 2.27 bits per heavy atom. The van der Waals surface area contributed by atoms with Gasteiger partial charge in [-0.25, -0.2) is 0 Å². The second-order valence-electron chi connectivity index (χ2n) is 3.99. The van der Waals surface area contributed by atoms with Crippen LogP contribution in [0.5, 0.6) is 5.75 Å². The van der Waals surface area contributed by atoms with Crippen LogP contribution in [0.3, 0.4) is 0 Å². The Bertz CT molecular complexity index is 418. The molecule has 0 atom stereocenters. The molecule has 0 saturated heterocycles. The lowest BCUT2D eigenvalue weighted by Gasteiger charge is -2.09. The van der Waals surface area contributed by atoms with Crippen LogP contribution in [-0.2, 0) is 0 Å². The first-order valence-corrected chi connectivity index (χ1v) is 5.41. The van der Waals surface area contributed by atoms with Crippen molar-refractivity contribution in [1.29, 1.82) is 5.26 Å². The average Bonchev–Trinajstić information content (AvgIpc) is 2.99. The number of aryl methyl sites for hydroxylation is 1. The molecule has 0 aromatic heterocycles. The van der Waals surface area contributed by atoms with E-state index in [4.69, 9.17) is 21.6 Å². The van der Waals surface area contributed by atoms with Gasteiger partial charge in [0, 0.05) is 0 Å². The fraction of sp³-hybridized carbons (Fsp3) is 0.417. The maximum absolute atomic E-state index is 8.96. The van der Waals surface area contributed by atoms with Crippen LogP contribution in [0.2, 0.25) is 5.02 Å². The first-order valence-electron chi connectivity index (χ1n) is 5.03. The van der Waals surface area contributed by atoms with Gasteiger partial charge in [0.1, 0.15) is 6.07 Å². The van der Waals surface area contributed by atoms with Gasteiger partial charge in [-0.2, -0.15) is 5.26 Å². The number of benzene rings is 1. The molecule has 15 heavy (non-hydrogen) atoms. The van der Waals surface area contributed by atoms with Crippen LogP contribution in [0.4, 0.5) is 0 Å². The minimum absolute atomic E-state index is 0.528. The van der Waals surface area contributed by atoms with Crippen molar-refractivity contribution in [3.8, 4) is 11.8 Å². The van der Waals surface area contributed by atoms with Crippen molar-refractivity contribution in [2.24, 2.45) is 5.92 Å². The molecule has 78 valence electrons. The van der Waals surface area contributed by atoms with E-state index in [9.17, 15) is 0 Å². The molecule has 0 radical (unpaired) electrons. The van der Waals surface area contributed by atoms with Gasteiger partial charge >= 0.3 is 0 Å². The number of nitrogens with zero attached hydrogens (tertiary/aromatic N) is 1. The smallest absolute Gasteiger partial charge is 0.155 e. The summed E-state index contributed by atoms with van der Waals surface area (Å²) in [5, 5.41) is 9.49. The van der Waals surface area contributed by atoms with Crippen molar-refractivity contribution in [2.75, 3.05) is 6.61 Å². The third-order valence-electron chi connectivity index (χ3n) is 2.47. The largest absolute Gasteiger partial charge is 0.490 e. The highest BCUT2D eigenvalue weighted by atomic mass is 35.5. The quantitative estimate of drug-likeness (QED) is 0.785. The molecular formula is C12H12ClNO. The number of ether oxygens (including phenoxy) is 1. The molecule has 1 aliphatic rings. The van der Waals surface area contributed by atoms with Crippen molar-refractivity contribution >= 4 is 11.6 Å². The van der Waals surface area contributed by atoms with E-state index in [0.29, 0.717) is 28.9 Å². The summed E-state index contributed by atoms with van der Waals surface area (Å²) in [7, 11) is 0. The van der Waals surface area contributed by atoms with Gasteiger partial charge in [0.2, 0.25) is 0 Å². The third-order valence-corrected chi connectivity index (χ3v) is 2.75. The topological polar surface area (TPSA) is 33.0 Å². The van der Waals surface area contributed by atoms with Crippen molar-refractivity contribution in [3.63, 3.8) is 0 Å². The molecule has 3 heteroatoms. The van der Waals surface area contributed by atoms with Gasteiger partial charge in [-0.1, -0.05) is 11.6 Å². The lowest BCUT2D eigenvalue weighted by atomic mass is 10.1. The van der Waals surface area contributed by atoms with Crippen molar-refractivity contribution < 1.29 is 4.74 Å². The molecule has 1 aliphatic carbocycles. The van der Waals surface area contributed by atoms with Crippen LogP contribution in [0.15, 0.2) is 12.1 Å². The lowest BCUT2D eigenvalue weighted by molar-refractivity contribution is 0.299. The highest BCUT2D eigenvalue weighted by molar-refractivity contribution is 6.32. The Morgan fingerprint density at radius 3 is 2.87 bits per heavy atom. The summed E-state index contributed by atoms with van der Waals surface area (Å²) < 4.78 is 5.58. The van der Waals surface area contributed by atoms with Gasteiger partial charge in [-0.3, -0.25) is 0 Å². The number of hydrogen-bond donors (Lipinski definition) is 0. The molecule has 2 nitrogen and oxygen atoms in total. The fourth-order valence-electron chi connectivity index (χ4n) is 1.44. The number of hydrogen-bond acceptors (Lipinski definition) is 2. The van der Waals surface area contributed by atoms with Crippen molar-refractivity contribution in [1.82, 2.24) is 0 Å². The number of nitriles is 1.